The number of hydrogen-bond donors (Lipinski definition) is 0. The molecule has 0 aromatic carbocycles. The minimum Gasteiger partial charge on any atom is -0.381 e. The maximum absolute atomic E-state index is 5.51. The van der Waals surface area contributed by atoms with Crippen molar-refractivity contribution in [2.75, 3.05) is 13.2 Å². The molecule has 0 atom stereocenters. The zero-order valence-corrected chi connectivity index (χ0v) is 7.44. The first kappa shape index (κ1) is 8.69. The van der Waals surface area contributed by atoms with Crippen LogP contribution in [0.15, 0.2) is 12.4 Å². The van der Waals surface area contributed by atoms with Crippen LogP contribution in [-0.2, 0) is 4.74 Å². The van der Waals surface area contributed by atoms with Gasteiger partial charge in [-0.25, -0.2) is 9.97 Å². The third-order valence-corrected chi connectivity index (χ3v) is 2.28. The first-order chi connectivity index (χ1) is 6.36. The molecule has 0 unspecified atom stereocenters. The molecule has 1 saturated heterocycles. The van der Waals surface area contributed by atoms with Crippen molar-refractivity contribution < 1.29 is 4.74 Å². The Hall–Kier alpha value is -0.895. The van der Waals surface area contributed by atoms with Crippen molar-refractivity contribution in [1.82, 2.24) is 9.97 Å². The maximum Gasteiger partial charge on any atom is 0.131 e. The van der Waals surface area contributed by atoms with Gasteiger partial charge >= 0.3 is 0 Å². The lowest BCUT2D eigenvalue weighted by Gasteiger charge is -2.20. The molecule has 13 heavy (non-hydrogen) atoms. The summed E-state index contributed by atoms with van der Waals surface area (Å²) in [5, 5.41) is 0. The number of hydrogen-bond acceptors (Lipinski definition) is 3. The van der Waals surface area contributed by atoms with Crippen LogP contribution in [0.5, 0.6) is 0 Å². The van der Waals surface area contributed by atoms with Crippen molar-refractivity contribution in [1.29, 1.82) is 0 Å². The monoisotopic (exact) mass is 174 g/mol. The van der Waals surface area contributed by atoms with Gasteiger partial charge in [0.05, 0.1) is 0 Å². The molecule has 1 aromatic rings. The van der Waals surface area contributed by atoms with Crippen LogP contribution in [0, 0.1) is 0 Å². The minimum atomic E-state index is 0.453. The Kier molecular flexibility index (Phi) is 2.59. The minimum absolute atomic E-state index is 0.453. The fourth-order valence-electron chi connectivity index (χ4n) is 1.51. The largest absolute Gasteiger partial charge is 0.381 e. The van der Waals surface area contributed by atoms with Gasteiger partial charge in [0.1, 0.15) is 13.7 Å². The average molecular weight is 174 g/mol. The second-order valence-corrected chi connectivity index (χ2v) is 3.26. The molecule has 0 amide bonds. The molecule has 4 heteroatoms. The zero-order valence-electron chi connectivity index (χ0n) is 7.44. The van der Waals surface area contributed by atoms with E-state index in [0.29, 0.717) is 11.4 Å². The molecule has 0 N–H and O–H groups in total. The van der Waals surface area contributed by atoms with Gasteiger partial charge in [-0.15, -0.1) is 0 Å². The molecule has 2 radical (unpaired) electrons. The van der Waals surface area contributed by atoms with Crippen LogP contribution < -0.4 is 5.46 Å². The molecule has 2 rings (SSSR count). The molecule has 0 spiro atoms. The highest BCUT2D eigenvalue weighted by Gasteiger charge is 2.17. The summed E-state index contributed by atoms with van der Waals surface area (Å²) in [5.74, 6) is 1.35. The number of aromatic nitrogens is 2. The molecule has 3 nitrogen and oxygen atoms in total. The maximum atomic E-state index is 5.51. The van der Waals surface area contributed by atoms with E-state index in [-0.39, 0.29) is 0 Å². The van der Waals surface area contributed by atoms with Crippen molar-refractivity contribution in [2.45, 2.75) is 18.8 Å². The number of rotatable bonds is 1. The Morgan fingerprint density at radius 2 is 1.85 bits per heavy atom. The van der Waals surface area contributed by atoms with Crippen molar-refractivity contribution in [3.05, 3.63) is 18.2 Å². The van der Waals surface area contributed by atoms with Crippen LogP contribution in [0.2, 0.25) is 0 Å². The van der Waals surface area contributed by atoms with Gasteiger partial charge in [0.2, 0.25) is 0 Å². The molecule has 66 valence electrons. The van der Waals surface area contributed by atoms with Crippen LogP contribution in [-0.4, -0.2) is 31.0 Å². The van der Waals surface area contributed by atoms with Crippen LogP contribution >= 0.6 is 0 Å². The topological polar surface area (TPSA) is 35.0 Å². The van der Waals surface area contributed by atoms with Gasteiger partial charge in [-0.05, 0) is 12.8 Å². The third kappa shape index (κ3) is 2.07. The molecule has 1 aliphatic heterocycles. The highest BCUT2D eigenvalue weighted by molar-refractivity contribution is 6.31. The second-order valence-electron chi connectivity index (χ2n) is 3.26. The Labute approximate surface area is 79.0 Å². The van der Waals surface area contributed by atoms with E-state index in [1.807, 2.05) is 0 Å². The van der Waals surface area contributed by atoms with Gasteiger partial charge in [-0.1, -0.05) is 5.46 Å². The Morgan fingerprint density at radius 1 is 1.23 bits per heavy atom. The van der Waals surface area contributed by atoms with Gasteiger partial charge in [0, 0.05) is 31.5 Å². The SMILES string of the molecule is [B]c1cnc(C2CCOCC2)nc1. The highest BCUT2D eigenvalue weighted by atomic mass is 16.5. The summed E-state index contributed by atoms with van der Waals surface area (Å²) in [6.45, 7) is 1.64. The first-order valence-corrected chi connectivity index (χ1v) is 4.51. The molecular formula is C9H11BN2O. The predicted octanol–water partition coefficient (Wildman–Crippen LogP) is 0.164. The van der Waals surface area contributed by atoms with E-state index in [1.54, 1.807) is 12.4 Å². The number of ether oxygens (including phenoxy) is 1. The van der Waals surface area contributed by atoms with Crippen LogP contribution in [0.4, 0.5) is 0 Å². The van der Waals surface area contributed by atoms with Crippen molar-refractivity contribution in [2.24, 2.45) is 0 Å². The lowest BCUT2D eigenvalue weighted by Crippen LogP contribution is -2.17. The smallest absolute Gasteiger partial charge is 0.131 e. The normalized spacial score (nSPS) is 18.8. The van der Waals surface area contributed by atoms with Gasteiger partial charge in [0.25, 0.3) is 0 Å². The molecule has 1 aliphatic rings. The number of nitrogens with zero attached hydrogens (tertiary/aromatic N) is 2. The van der Waals surface area contributed by atoms with E-state index in [1.165, 1.54) is 0 Å². The first-order valence-electron chi connectivity index (χ1n) is 4.51. The van der Waals surface area contributed by atoms with Gasteiger partial charge in [-0.2, -0.15) is 0 Å². The summed E-state index contributed by atoms with van der Waals surface area (Å²) in [4.78, 5) is 8.42. The van der Waals surface area contributed by atoms with Crippen molar-refractivity contribution in [3.8, 4) is 0 Å². The quantitative estimate of drug-likeness (QED) is 0.569. The average Bonchev–Trinajstić information content (AvgIpc) is 2.20. The van der Waals surface area contributed by atoms with Crippen LogP contribution in [0.25, 0.3) is 0 Å². The summed E-state index contributed by atoms with van der Waals surface area (Å²) in [6.07, 6.45) is 5.36. The standard InChI is InChI=1S/C9H11BN2O/c10-8-5-11-9(12-6-8)7-1-3-13-4-2-7/h5-7H,1-4H2. The summed E-state index contributed by atoms with van der Waals surface area (Å²) in [6, 6.07) is 0. The Morgan fingerprint density at radius 3 is 2.46 bits per heavy atom. The summed E-state index contributed by atoms with van der Waals surface area (Å²) < 4.78 is 5.26. The third-order valence-electron chi connectivity index (χ3n) is 2.28. The van der Waals surface area contributed by atoms with Crippen LogP contribution in [0.1, 0.15) is 24.6 Å². The Bertz CT molecular complexity index is 269. The van der Waals surface area contributed by atoms with Crippen molar-refractivity contribution in [3.63, 3.8) is 0 Å². The fourth-order valence-corrected chi connectivity index (χ4v) is 1.51. The van der Waals surface area contributed by atoms with Crippen molar-refractivity contribution >= 4 is 13.3 Å². The van der Waals surface area contributed by atoms with Gasteiger partial charge in [0.15, 0.2) is 0 Å². The molecule has 0 bridgehead atoms. The summed E-state index contributed by atoms with van der Waals surface area (Å²) in [5.41, 5.74) is 0.621. The zero-order chi connectivity index (χ0) is 9.10. The molecule has 0 saturated carbocycles. The lowest BCUT2D eigenvalue weighted by atomic mass is 9.98. The van der Waals surface area contributed by atoms with Gasteiger partial charge < -0.3 is 4.74 Å². The molecule has 1 fully saturated rings. The second kappa shape index (κ2) is 3.88. The summed E-state index contributed by atoms with van der Waals surface area (Å²) >= 11 is 0. The van der Waals surface area contributed by atoms with Gasteiger partial charge in [-0.3, -0.25) is 0 Å². The highest BCUT2D eigenvalue weighted by Crippen LogP contribution is 2.22. The summed E-state index contributed by atoms with van der Waals surface area (Å²) in [7, 11) is 5.51. The van der Waals surface area contributed by atoms with Crippen LogP contribution in [0.3, 0.4) is 0 Å². The van der Waals surface area contributed by atoms with E-state index in [0.717, 1.165) is 31.9 Å². The van der Waals surface area contributed by atoms with E-state index < -0.39 is 0 Å². The predicted molar refractivity (Wildman–Crippen MR) is 50.2 cm³/mol. The fraction of sp³-hybridized carbons (Fsp3) is 0.556. The lowest BCUT2D eigenvalue weighted by molar-refractivity contribution is 0.0836. The molecule has 1 aromatic heterocycles. The molecule has 2 heterocycles. The van der Waals surface area contributed by atoms with E-state index in [9.17, 15) is 0 Å². The molecular weight excluding hydrogens is 163 g/mol. The van der Waals surface area contributed by atoms with E-state index >= 15 is 0 Å². The van der Waals surface area contributed by atoms with E-state index in [2.05, 4.69) is 9.97 Å². The Balaban J connectivity index is 2.10. The van der Waals surface area contributed by atoms with E-state index in [4.69, 9.17) is 12.6 Å². The molecule has 0 aliphatic carbocycles.